The monoisotopic (exact) mass is 423 g/mol. The Labute approximate surface area is 175 Å². The molecule has 6 nitrogen and oxygen atoms in total. The summed E-state index contributed by atoms with van der Waals surface area (Å²) in [6.45, 7) is 1.92. The number of amides is 2. The van der Waals surface area contributed by atoms with Gasteiger partial charge in [-0.3, -0.25) is 9.59 Å². The Kier molecular flexibility index (Phi) is 4.65. The standard InChI is InChI=1S/C21H17N3O3S2/c25-20(16-13-29-19(22-16)15-5-10-28-12-15)23-6-8-24(9-7-23)21(26)18-11-14-3-1-2-4-17(14)27-18/h1-5,10-13H,6-9H2. The van der Waals surface area contributed by atoms with E-state index in [1.165, 1.54) is 11.3 Å². The molecule has 0 saturated carbocycles. The topological polar surface area (TPSA) is 66.7 Å². The molecule has 5 rings (SSSR count). The lowest BCUT2D eigenvalue weighted by molar-refractivity contribution is 0.0517. The molecular formula is C21H17N3O3S2. The molecule has 4 aromatic rings. The van der Waals surface area contributed by atoms with Gasteiger partial charge >= 0.3 is 0 Å². The molecule has 8 heteroatoms. The summed E-state index contributed by atoms with van der Waals surface area (Å²) < 4.78 is 5.69. The van der Waals surface area contributed by atoms with E-state index in [9.17, 15) is 9.59 Å². The molecule has 4 heterocycles. The largest absolute Gasteiger partial charge is 0.451 e. The smallest absolute Gasteiger partial charge is 0.289 e. The first-order valence-electron chi connectivity index (χ1n) is 9.24. The first-order valence-corrected chi connectivity index (χ1v) is 11.1. The predicted octanol–water partition coefficient (Wildman–Crippen LogP) is 4.22. The quantitative estimate of drug-likeness (QED) is 0.495. The van der Waals surface area contributed by atoms with Gasteiger partial charge in [0, 0.05) is 47.9 Å². The van der Waals surface area contributed by atoms with Crippen molar-refractivity contribution in [2.24, 2.45) is 0 Å². The third-order valence-corrected chi connectivity index (χ3v) is 6.56. The van der Waals surface area contributed by atoms with Gasteiger partial charge in [-0.2, -0.15) is 11.3 Å². The van der Waals surface area contributed by atoms with Crippen LogP contribution in [0, 0.1) is 0 Å². The minimum atomic E-state index is -0.137. The average Bonchev–Trinajstić information content (AvgIpc) is 3.52. The molecule has 0 atom stereocenters. The number of carbonyl (C=O) groups is 2. The molecule has 0 radical (unpaired) electrons. The maximum absolute atomic E-state index is 12.8. The molecule has 1 fully saturated rings. The maximum Gasteiger partial charge on any atom is 0.289 e. The number of hydrogen-bond acceptors (Lipinski definition) is 6. The fraction of sp³-hybridized carbons (Fsp3) is 0.190. The Morgan fingerprint density at radius 2 is 1.72 bits per heavy atom. The summed E-state index contributed by atoms with van der Waals surface area (Å²) in [5.74, 6) is 0.117. The number of thiophene rings is 1. The van der Waals surface area contributed by atoms with E-state index in [0.29, 0.717) is 43.2 Å². The molecule has 0 N–H and O–H groups in total. The Hall–Kier alpha value is -2.97. The summed E-state index contributed by atoms with van der Waals surface area (Å²) in [7, 11) is 0. The van der Waals surface area contributed by atoms with E-state index in [4.69, 9.17) is 4.42 Å². The van der Waals surface area contributed by atoms with Crippen LogP contribution < -0.4 is 0 Å². The minimum absolute atomic E-state index is 0.0847. The highest BCUT2D eigenvalue weighted by Gasteiger charge is 2.28. The molecule has 2 amide bonds. The number of furan rings is 1. The van der Waals surface area contributed by atoms with E-state index in [2.05, 4.69) is 4.98 Å². The van der Waals surface area contributed by atoms with Crippen molar-refractivity contribution in [1.29, 1.82) is 0 Å². The van der Waals surface area contributed by atoms with Crippen molar-refractivity contribution in [3.05, 3.63) is 64.0 Å². The lowest BCUT2D eigenvalue weighted by atomic mass is 10.2. The van der Waals surface area contributed by atoms with Crippen molar-refractivity contribution in [1.82, 2.24) is 14.8 Å². The Balaban J connectivity index is 1.24. The van der Waals surface area contributed by atoms with E-state index in [1.54, 1.807) is 32.6 Å². The van der Waals surface area contributed by atoms with Crippen LogP contribution in [0.4, 0.5) is 0 Å². The van der Waals surface area contributed by atoms with Crippen molar-refractivity contribution in [2.45, 2.75) is 0 Å². The summed E-state index contributed by atoms with van der Waals surface area (Å²) in [4.78, 5) is 33.6. The second-order valence-corrected chi connectivity index (χ2v) is 8.42. The molecule has 0 aliphatic carbocycles. The number of carbonyl (C=O) groups excluding carboxylic acids is 2. The van der Waals surface area contributed by atoms with Gasteiger partial charge in [0.2, 0.25) is 0 Å². The number of benzene rings is 1. The zero-order valence-corrected chi connectivity index (χ0v) is 17.0. The van der Waals surface area contributed by atoms with Gasteiger partial charge in [0.25, 0.3) is 11.8 Å². The van der Waals surface area contributed by atoms with Gasteiger partial charge in [-0.15, -0.1) is 11.3 Å². The number of hydrogen-bond donors (Lipinski definition) is 0. The number of piperazine rings is 1. The summed E-state index contributed by atoms with van der Waals surface area (Å²) in [5.41, 5.74) is 2.21. The second kappa shape index (κ2) is 7.46. The average molecular weight is 424 g/mol. The van der Waals surface area contributed by atoms with Gasteiger partial charge in [-0.05, 0) is 23.6 Å². The van der Waals surface area contributed by atoms with Crippen LogP contribution in [0.1, 0.15) is 21.0 Å². The second-order valence-electron chi connectivity index (χ2n) is 6.78. The number of rotatable bonds is 3. The van der Waals surface area contributed by atoms with Gasteiger partial charge in [0.15, 0.2) is 5.76 Å². The number of thiazole rings is 1. The molecule has 1 aromatic carbocycles. The van der Waals surface area contributed by atoms with E-state index < -0.39 is 0 Å². The fourth-order valence-electron chi connectivity index (χ4n) is 3.41. The van der Waals surface area contributed by atoms with Crippen molar-refractivity contribution in [2.75, 3.05) is 26.2 Å². The lowest BCUT2D eigenvalue weighted by Gasteiger charge is -2.34. The zero-order valence-electron chi connectivity index (χ0n) is 15.4. The van der Waals surface area contributed by atoms with Crippen LogP contribution in [-0.4, -0.2) is 52.8 Å². The molecule has 29 heavy (non-hydrogen) atoms. The van der Waals surface area contributed by atoms with Gasteiger partial charge in [-0.1, -0.05) is 18.2 Å². The first kappa shape index (κ1) is 18.1. The minimum Gasteiger partial charge on any atom is -0.451 e. The van der Waals surface area contributed by atoms with E-state index in [1.807, 2.05) is 41.1 Å². The normalized spacial score (nSPS) is 14.5. The third kappa shape index (κ3) is 3.45. The summed E-state index contributed by atoms with van der Waals surface area (Å²) in [6.07, 6.45) is 0. The van der Waals surface area contributed by atoms with Crippen molar-refractivity contribution in [3.63, 3.8) is 0 Å². The van der Waals surface area contributed by atoms with E-state index in [-0.39, 0.29) is 11.8 Å². The Morgan fingerprint density at radius 1 is 0.966 bits per heavy atom. The van der Waals surface area contributed by atoms with Gasteiger partial charge in [-0.25, -0.2) is 4.98 Å². The lowest BCUT2D eigenvalue weighted by Crippen LogP contribution is -2.50. The Morgan fingerprint density at radius 3 is 2.45 bits per heavy atom. The summed E-state index contributed by atoms with van der Waals surface area (Å²) in [5, 5.41) is 7.59. The summed E-state index contributed by atoms with van der Waals surface area (Å²) in [6, 6.07) is 11.3. The van der Waals surface area contributed by atoms with E-state index in [0.717, 1.165) is 16.0 Å². The molecule has 3 aromatic heterocycles. The predicted molar refractivity (Wildman–Crippen MR) is 113 cm³/mol. The molecule has 1 aliphatic rings. The van der Waals surface area contributed by atoms with Crippen LogP contribution in [-0.2, 0) is 0 Å². The van der Waals surface area contributed by atoms with Crippen molar-refractivity contribution in [3.8, 4) is 10.6 Å². The van der Waals surface area contributed by atoms with Crippen LogP contribution in [0.3, 0.4) is 0 Å². The number of nitrogens with zero attached hydrogens (tertiary/aromatic N) is 3. The molecule has 1 aliphatic heterocycles. The molecular weight excluding hydrogens is 406 g/mol. The van der Waals surface area contributed by atoms with Crippen LogP contribution in [0.25, 0.3) is 21.5 Å². The number of aromatic nitrogens is 1. The van der Waals surface area contributed by atoms with Crippen LogP contribution in [0.5, 0.6) is 0 Å². The SMILES string of the molecule is O=C(c1csc(-c2ccsc2)n1)N1CCN(C(=O)c2cc3ccccc3o2)CC1. The molecule has 146 valence electrons. The highest BCUT2D eigenvalue weighted by Crippen LogP contribution is 2.26. The molecule has 0 bridgehead atoms. The molecule has 1 saturated heterocycles. The van der Waals surface area contributed by atoms with Gasteiger partial charge in [0.1, 0.15) is 16.3 Å². The first-order chi connectivity index (χ1) is 14.2. The van der Waals surface area contributed by atoms with Crippen LogP contribution >= 0.6 is 22.7 Å². The fourth-order valence-corrected chi connectivity index (χ4v) is 4.91. The van der Waals surface area contributed by atoms with Crippen LogP contribution in [0.15, 0.2) is 57.0 Å². The molecule has 0 unspecified atom stereocenters. The van der Waals surface area contributed by atoms with Crippen molar-refractivity contribution >= 4 is 45.5 Å². The van der Waals surface area contributed by atoms with Gasteiger partial charge < -0.3 is 14.2 Å². The molecule has 0 spiro atoms. The van der Waals surface area contributed by atoms with Gasteiger partial charge in [0.05, 0.1) is 0 Å². The Bertz CT molecular complexity index is 1140. The zero-order chi connectivity index (χ0) is 19.8. The summed E-state index contributed by atoms with van der Waals surface area (Å²) >= 11 is 3.08. The highest BCUT2D eigenvalue weighted by atomic mass is 32.1. The van der Waals surface area contributed by atoms with Crippen molar-refractivity contribution < 1.29 is 14.0 Å². The van der Waals surface area contributed by atoms with E-state index >= 15 is 0 Å². The number of fused-ring (bicyclic) bond motifs is 1. The maximum atomic E-state index is 12.8. The number of para-hydroxylation sites is 1. The van der Waals surface area contributed by atoms with Crippen LogP contribution in [0.2, 0.25) is 0 Å². The highest BCUT2D eigenvalue weighted by molar-refractivity contribution is 7.14. The third-order valence-electron chi connectivity index (χ3n) is 4.98.